The first-order valence-electron chi connectivity index (χ1n) is 12.0. The number of aliphatic hydroxyl groups excluding tert-OH is 1. The van der Waals surface area contributed by atoms with E-state index < -0.39 is 15.4 Å². The van der Waals surface area contributed by atoms with E-state index in [-0.39, 0.29) is 35.7 Å². The van der Waals surface area contributed by atoms with Gasteiger partial charge in [-0.1, -0.05) is 110 Å². The zero-order chi connectivity index (χ0) is 21.1. The van der Waals surface area contributed by atoms with Crippen LogP contribution in [0.5, 0.6) is 0 Å². The van der Waals surface area contributed by atoms with Crippen LogP contribution in [-0.4, -0.2) is 29.4 Å². The van der Waals surface area contributed by atoms with E-state index in [0.717, 1.165) is 38.5 Å². The van der Waals surface area contributed by atoms with Crippen LogP contribution >= 0.6 is 0 Å². The predicted octanol–water partition coefficient (Wildman–Crippen LogP) is 3.72. The van der Waals surface area contributed by atoms with E-state index in [1.165, 1.54) is 84.0 Å². The van der Waals surface area contributed by atoms with Crippen LogP contribution in [0.1, 0.15) is 136 Å². The molecule has 0 aromatic rings. The molecule has 0 aromatic heterocycles. The number of unbranched alkanes of at least 4 members (excludes halogenated alkanes) is 14. The Bertz CT molecular complexity index is 429. The summed E-state index contributed by atoms with van der Waals surface area (Å²) in [4.78, 5) is 0. The van der Waals surface area contributed by atoms with Gasteiger partial charge in [0.2, 0.25) is 0 Å². The summed E-state index contributed by atoms with van der Waals surface area (Å²) in [6, 6.07) is 0. The molecule has 0 rings (SSSR count). The Hall–Kier alpha value is 0.870. The van der Waals surface area contributed by atoms with Gasteiger partial charge >= 0.3 is 29.6 Å². The van der Waals surface area contributed by atoms with E-state index >= 15 is 0 Å². The van der Waals surface area contributed by atoms with Gasteiger partial charge in [0.05, 0.1) is 16.2 Å². The molecule has 0 aliphatic heterocycles. The first kappa shape index (κ1) is 32.1. The average molecular weight is 443 g/mol. The van der Waals surface area contributed by atoms with Gasteiger partial charge in [-0.15, -0.1) is 0 Å². The minimum atomic E-state index is -4.09. The molecule has 29 heavy (non-hydrogen) atoms. The van der Waals surface area contributed by atoms with Crippen molar-refractivity contribution in [2.24, 2.45) is 0 Å². The monoisotopic (exact) mass is 442 g/mol. The van der Waals surface area contributed by atoms with Gasteiger partial charge in [-0.25, -0.2) is 8.42 Å². The van der Waals surface area contributed by atoms with Gasteiger partial charge in [0.1, 0.15) is 0 Å². The number of hydrogen-bond acceptors (Lipinski definition) is 4. The molecule has 0 spiro atoms. The van der Waals surface area contributed by atoms with Crippen molar-refractivity contribution in [3.8, 4) is 0 Å². The molecular formula is C23H47NaO4S. The maximum atomic E-state index is 10.8. The van der Waals surface area contributed by atoms with Crippen molar-refractivity contribution in [3.05, 3.63) is 0 Å². The molecule has 6 heteroatoms. The molecular weight excluding hydrogens is 395 g/mol. The first-order chi connectivity index (χ1) is 13.4. The topological polar surface area (TPSA) is 77.4 Å². The molecule has 2 unspecified atom stereocenters. The van der Waals surface area contributed by atoms with E-state index in [4.69, 9.17) is 0 Å². The van der Waals surface area contributed by atoms with Gasteiger partial charge in [0.25, 0.3) is 0 Å². The number of rotatable bonds is 21. The van der Waals surface area contributed by atoms with Crippen molar-refractivity contribution >= 4 is 10.1 Å². The summed E-state index contributed by atoms with van der Waals surface area (Å²) >= 11 is 0. The molecule has 0 radical (unpaired) electrons. The fourth-order valence-corrected chi connectivity index (χ4v) is 4.19. The van der Waals surface area contributed by atoms with Gasteiger partial charge in [0.15, 0.2) is 0 Å². The van der Waals surface area contributed by atoms with Gasteiger partial charge in [-0.2, -0.15) is 0 Å². The molecule has 0 bridgehead atoms. The van der Waals surface area contributed by atoms with Gasteiger partial charge in [-0.3, -0.25) is 0 Å². The minimum absolute atomic E-state index is 0. The third-order valence-electron chi connectivity index (χ3n) is 5.76. The van der Waals surface area contributed by atoms with E-state index in [0.29, 0.717) is 6.42 Å². The van der Waals surface area contributed by atoms with Crippen molar-refractivity contribution in [3.63, 3.8) is 0 Å². The Morgan fingerprint density at radius 3 is 1.28 bits per heavy atom. The fraction of sp³-hybridized carbons (Fsp3) is 1.00. The summed E-state index contributed by atoms with van der Waals surface area (Å²) in [5.74, 6) is 0. The second-order valence-corrected chi connectivity index (χ2v) is 10.4. The van der Waals surface area contributed by atoms with E-state index in [9.17, 15) is 18.1 Å². The Kier molecular flexibility index (Phi) is 24.4. The zero-order valence-electron chi connectivity index (χ0n) is 19.7. The van der Waals surface area contributed by atoms with Crippen molar-refractivity contribution in [2.45, 2.75) is 147 Å². The number of hydrogen-bond donors (Lipinski definition) is 1. The SMILES string of the molecule is CCCC(O)CCCCCCCCCCCCCCCCCC(C)S(=O)(=O)[O-].[Na+]. The summed E-state index contributed by atoms with van der Waals surface area (Å²) in [5.41, 5.74) is 0. The van der Waals surface area contributed by atoms with Crippen LogP contribution in [0, 0.1) is 0 Å². The molecule has 0 saturated heterocycles. The van der Waals surface area contributed by atoms with Crippen LogP contribution in [-0.2, 0) is 10.1 Å². The van der Waals surface area contributed by atoms with E-state index in [1.54, 1.807) is 0 Å². The fourth-order valence-electron chi connectivity index (χ4n) is 3.73. The summed E-state index contributed by atoms with van der Waals surface area (Å²) in [6.45, 7) is 3.64. The molecule has 2 atom stereocenters. The van der Waals surface area contributed by atoms with Crippen LogP contribution in [0.25, 0.3) is 0 Å². The van der Waals surface area contributed by atoms with Crippen molar-refractivity contribution in [1.29, 1.82) is 0 Å². The third-order valence-corrected chi connectivity index (χ3v) is 6.98. The molecule has 0 saturated carbocycles. The molecule has 0 aromatic carbocycles. The molecule has 0 amide bonds. The third kappa shape index (κ3) is 23.4. The zero-order valence-corrected chi connectivity index (χ0v) is 22.5. The second kappa shape index (κ2) is 22.1. The quantitative estimate of drug-likeness (QED) is 0.167. The molecule has 0 aliphatic carbocycles. The van der Waals surface area contributed by atoms with Gasteiger partial charge < -0.3 is 9.66 Å². The second-order valence-electron chi connectivity index (χ2n) is 8.63. The van der Waals surface area contributed by atoms with Crippen molar-refractivity contribution < 1.29 is 47.6 Å². The Balaban J connectivity index is 0. The molecule has 4 nitrogen and oxygen atoms in total. The van der Waals surface area contributed by atoms with Crippen molar-refractivity contribution in [1.82, 2.24) is 0 Å². The summed E-state index contributed by atoms with van der Waals surface area (Å²) in [6.07, 6.45) is 22.2. The first-order valence-corrected chi connectivity index (χ1v) is 13.5. The number of aliphatic hydroxyl groups is 1. The Morgan fingerprint density at radius 1 is 0.655 bits per heavy atom. The van der Waals surface area contributed by atoms with Crippen LogP contribution in [0.4, 0.5) is 0 Å². The van der Waals surface area contributed by atoms with Crippen LogP contribution < -0.4 is 29.6 Å². The van der Waals surface area contributed by atoms with Gasteiger partial charge in [-0.05, 0) is 26.2 Å². The van der Waals surface area contributed by atoms with E-state index in [2.05, 4.69) is 6.92 Å². The maximum absolute atomic E-state index is 10.8. The molecule has 0 fully saturated rings. The standard InChI is InChI=1S/C23H48O4S.Na/c1-3-19-23(24)21-18-16-14-12-10-8-6-4-5-7-9-11-13-15-17-20-22(2)28(25,26)27;/h22-24H,3-21H2,1-2H3,(H,25,26,27);/q;+1/p-1. The van der Waals surface area contributed by atoms with E-state index in [1.807, 2.05) is 0 Å². The van der Waals surface area contributed by atoms with Crippen LogP contribution in [0.15, 0.2) is 0 Å². The maximum Gasteiger partial charge on any atom is 1.00 e. The largest absolute Gasteiger partial charge is 1.00 e. The molecule has 170 valence electrons. The minimum Gasteiger partial charge on any atom is -0.748 e. The molecule has 0 aliphatic rings. The summed E-state index contributed by atoms with van der Waals surface area (Å²) < 4.78 is 32.4. The summed E-state index contributed by atoms with van der Waals surface area (Å²) in [5, 5.41) is 8.95. The predicted molar refractivity (Wildman–Crippen MR) is 119 cm³/mol. The van der Waals surface area contributed by atoms with Crippen LogP contribution in [0.3, 0.4) is 0 Å². The average Bonchev–Trinajstić information content (AvgIpc) is 2.63. The molecule has 1 N–H and O–H groups in total. The van der Waals surface area contributed by atoms with Crippen molar-refractivity contribution in [2.75, 3.05) is 0 Å². The Labute approximate surface area is 204 Å². The van der Waals surface area contributed by atoms with Gasteiger partial charge in [0, 0.05) is 5.25 Å². The normalized spacial score (nSPS) is 13.8. The Morgan fingerprint density at radius 2 is 0.966 bits per heavy atom. The van der Waals surface area contributed by atoms with Crippen LogP contribution in [0.2, 0.25) is 0 Å². The smallest absolute Gasteiger partial charge is 0.748 e. The molecule has 0 heterocycles. The summed E-state index contributed by atoms with van der Waals surface area (Å²) in [7, 11) is -4.09.